The van der Waals surface area contributed by atoms with Crippen molar-refractivity contribution in [2.45, 2.75) is 20.3 Å². The molecule has 11 heavy (non-hydrogen) atoms. The minimum Gasteiger partial charge on any atom is -0.364 e. The highest BCUT2D eigenvalue weighted by Gasteiger charge is 1.96. The second-order valence-electron chi connectivity index (χ2n) is 1.85. The fourth-order valence-corrected chi connectivity index (χ4v) is 0.429. The number of hydrogen-bond donors (Lipinski definition) is 1. The Hall–Kier alpha value is -1.32. The zero-order valence-corrected chi connectivity index (χ0v) is 6.76. The van der Waals surface area contributed by atoms with Gasteiger partial charge in [0.2, 0.25) is 5.91 Å². The first-order valence-electron chi connectivity index (χ1n) is 3.31. The van der Waals surface area contributed by atoms with Crippen LogP contribution in [0.2, 0.25) is 0 Å². The van der Waals surface area contributed by atoms with Crippen molar-refractivity contribution in [3.05, 3.63) is 12.8 Å². The normalized spacial score (nSPS) is 10.5. The van der Waals surface area contributed by atoms with E-state index in [1.165, 1.54) is 6.26 Å². The number of nitrogens with zero attached hydrogens (tertiary/aromatic N) is 1. The van der Waals surface area contributed by atoms with Crippen LogP contribution in [0.4, 0.5) is 0 Å². The van der Waals surface area contributed by atoms with E-state index in [0.717, 1.165) is 0 Å². The minimum atomic E-state index is -0.0843. The second kappa shape index (κ2) is 5.46. The summed E-state index contributed by atoms with van der Waals surface area (Å²) in [5.41, 5.74) is 0. The number of hydrogen-bond acceptors (Lipinski definition) is 3. The maximum absolute atomic E-state index is 10.7. The fourth-order valence-electron chi connectivity index (χ4n) is 0.429. The molecule has 62 valence electrons. The second-order valence-corrected chi connectivity index (χ2v) is 1.85. The van der Waals surface area contributed by atoms with Gasteiger partial charge in [-0.1, -0.05) is 18.7 Å². The quantitative estimate of drug-likeness (QED) is 0.287. The molecule has 0 aromatic rings. The highest BCUT2D eigenvalue weighted by Crippen LogP contribution is 1.80. The monoisotopic (exact) mass is 156 g/mol. The molecule has 0 spiro atoms. The van der Waals surface area contributed by atoms with Crippen LogP contribution >= 0.6 is 0 Å². The molecule has 1 amide bonds. The van der Waals surface area contributed by atoms with E-state index in [9.17, 15) is 4.79 Å². The molecule has 0 aliphatic carbocycles. The maximum Gasteiger partial charge on any atom is 0.225 e. The molecule has 0 saturated carbocycles. The minimum absolute atomic E-state index is 0.0843. The Labute approximate surface area is 65.9 Å². The summed E-state index contributed by atoms with van der Waals surface area (Å²) < 4.78 is 0. The lowest BCUT2D eigenvalue weighted by Gasteiger charge is -1.99. The van der Waals surface area contributed by atoms with Crippen LogP contribution in [0.25, 0.3) is 0 Å². The lowest BCUT2D eigenvalue weighted by atomic mass is 10.4. The van der Waals surface area contributed by atoms with Crippen molar-refractivity contribution in [3.63, 3.8) is 0 Å². The molecule has 0 aliphatic heterocycles. The van der Waals surface area contributed by atoms with Crippen LogP contribution in [-0.4, -0.2) is 11.7 Å². The fraction of sp³-hybridized carbons (Fsp3) is 0.429. The van der Waals surface area contributed by atoms with Gasteiger partial charge < -0.3 is 10.2 Å². The summed E-state index contributed by atoms with van der Waals surface area (Å²) in [6.45, 7) is 6.69. The van der Waals surface area contributed by atoms with Crippen LogP contribution in [0.3, 0.4) is 0 Å². The van der Waals surface area contributed by atoms with Crippen molar-refractivity contribution in [2.24, 2.45) is 5.16 Å². The van der Waals surface area contributed by atoms with Crippen LogP contribution in [0.15, 0.2) is 18.0 Å². The van der Waals surface area contributed by atoms with Gasteiger partial charge in [-0.05, 0) is 6.92 Å². The van der Waals surface area contributed by atoms with Gasteiger partial charge in [-0.2, -0.15) is 0 Å². The summed E-state index contributed by atoms with van der Waals surface area (Å²) in [4.78, 5) is 15.2. The van der Waals surface area contributed by atoms with Crippen LogP contribution < -0.4 is 5.32 Å². The van der Waals surface area contributed by atoms with Crippen LogP contribution in [-0.2, 0) is 9.63 Å². The first-order chi connectivity index (χ1) is 5.20. The van der Waals surface area contributed by atoms with Gasteiger partial charge in [-0.15, -0.1) is 0 Å². The molecule has 0 radical (unpaired) electrons. The highest BCUT2D eigenvalue weighted by molar-refractivity contribution is 5.96. The zero-order valence-electron chi connectivity index (χ0n) is 6.76. The Bertz CT molecular complexity index is 175. The van der Waals surface area contributed by atoms with Gasteiger partial charge in [-0.3, -0.25) is 4.79 Å². The summed E-state index contributed by atoms with van der Waals surface area (Å²) in [7, 11) is 0. The Morgan fingerprint density at radius 3 is 2.91 bits per heavy atom. The third kappa shape index (κ3) is 5.14. The van der Waals surface area contributed by atoms with Gasteiger partial charge in [0, 0.05) is 6.42 Å². The van der Waals surface area contributed by atoms with Gasteiger partial charge in [0.05, 0.1) is 0 Å². The maximum atomic E-state index is 10.7. The molecule has 0 atom stereocenters. The molecule has 0 unspecified atom stereocenters. The highest BCUT2D eigenvalue weighted by atomic mass is 16.6. The van der Waals surface area contributed by atoms with Crippen LogP contribution in [0.5, 0.6) is 0 Å². The summed E-state index contributed by atoms with van der Waals surface area (Å²) in [6.07, 6.45) is 1.61. The van der Waals surface area contributed by atoms with Crippen molar-refractivity contribution in [1.29, 1.82) is 0 Å². The van der Waals surface area contributed by atoms with Crippen molar-refractivity contribution < 1.29 is 9.63 Å². The number of carbonyl (C=O) groups is 1. The van der Waals surface area contributed by atoms with Gasteiger partial charge in [0.15, 0.2) is 0 Å². The molecule has 4 heteroatoms. The number of carbonyl (C=O) groups excluding carboxylic acids is 1. The third-order valence-corrected chi connectivity index (χ3v) is 0.906. The lowest BCUT2D eigenvalue weighted by molar-refractivity contribution is -0.119. The first-order valence-corrected chi connectivity index (χ1v) is 3.31. The van der Waals surface area contributed by atoms with E-state index in [1.807, 2.05) is 0 Å². The van der Waals surface area contributed by atoms with E-state index in [4.69, 9.17) is 0 Å². The Morgan fingerprint density at radius 2 is 2.45 bits per heavy atom. The van der Waals surface area contributed by atoms with E-state index in [2.05, 4.69) is 21.9 Å². The summed E-state index contributed by atoms with van der Waals surface area (Å²) in [6, 6.07) is 0. The van der Waals surface area contributed by atoms with E-state index in [0.29, 0.717) is 12.3 Å². The predicted molar refractivity (Wildman–Crippen MR) is 42.8 cm³/mol. The zero-order chi connectivity index (χ0) is 8.69. The van der Waals surface area contributed by atoms with Gasteiger partial charge in [-0.25, -0.2) is 0 Å². The van der Waals surface area contributed by atoms with E-state index >= 15 is 0 Å². The number of oxime groups is 1. The van der Waals surface area contributed by atoms with Crippen molar-refractivity contribution in [1.82, 2.24) is 5.32 Å². The number of amidine groups is 1. The Balaban J connectivity index is 3.75. The average molecular weight is 156 g/mol. The van der Waals surface area contributed by atoms with Gasteiger partial charge in [0.1, 0.15) is 12.1 Å². The van der Waals surface area contributed by atoms with Gasteiger partial charge in [0.25, 0.3) is 0 Å². The number of amides is 1. The molecule has 0 bridgehead atoms. The molecule has 0 saturated heterocycles. The smallest absolute Gasteiger partial charge is 0.225 e. The number of nitrogens with one attached hydrogen (secondary N) is 1. The standard InChI is InChI=1S/C7H12N2O2/c1-4-7(10)8-6(3)9-11-5-2/h5H,2,4H2,1,3H3,(H,8,9,10). The molecular weight excluding hydrogens is 144 g/mol. The number of rotatable bonds is 3. The first kappa shape index (κ1) is 9.68. The molecule has 0 aliphatic rings. The summed E-state index contributed by atoms with van der Waals surface area (Å²) >= 11 is 0. The Morgan fingerprint density at radius 1 is 1.82 bits per heavy atom. The topological polar surface area (TPSA) is 50.7 Å². The molecule has 0 aromatic heterocycles. The van der Waals surface area contributed by atoms with E-state index < -0.39 is 0 Å². The molecule has 0 fully saturated rings. The van der Waals surface area contributed by atoms with Crippen LogP contribution in [0, 0.1) is 0 Å². The summed E-state index contributed by atoms with van der Waals surface area (Å²) in [5.74, 6) is 0.343. The average Bonchev–Trinajstić information content (AvgIpc) is 2.00. The third-order valence-electron chi connectivity index (χ3n) is 0.906. The van der Waals surface area contributed by atoms with Crippen molar-refractivity contribution >= 4 is 11.7 Å². The molecule has 1 N–H and O–H groups in total. The SMILES string of the molecule is C=CO/N=C(\C)NC(=O)CC. The molecule has 0 aromatic carbocycles. The molecular formula is C7H12N2O2. The van der Waals surface area contributed by atoms with Crippen molar-refractivity contribution in [2.75, 3.05) is 0 Å². The van der Waals surface area contributed by atoms with E-state index in [-0.39, 0.29) is 5.91 Å². The molecule has 4 nitrogen and oxygen atoms in total. The van der Waals surface area contributed by atoms with E-state index in [1.54, 1.807) is 13.8 Å². The van der Waals surface area contributed by atoms with Crippen molar-refractivity contribution in [3.8, 4) is 0 Å². The Kier molecular flexibility index (Phi) is 4.81. The lowest BCUT2D eigenvalue weighted by Crippen LogP contribution is -2.27. The van der Waals surface area contributed by atoms with Gasteiger partial charge >= 0.3 is 0 Å². The largest absolute Gasteiger partial charge is 0.364 e. The van der Waals surface area contributed by atoms with Crippen LogP contribution in [0.1, 0.15) is 20.3 Å². The molecule has 0 heterocycles. The molecule has 0 rings (SSSR count). The summed E-state index contributed by atoms with van der Waals surface area (Å²) in [5, 5.41) is 6.00. The predicted octanol–water partition coefficient (Wildman–Crippen LogP) is 1.01.